The third kappa shape index (κ3) is 5.93. The maximum atomic E-state index is 12.7. The van der Waals surface area contributed by atoms with Crippen molar-refractivity contribution >= 4 is 28.0 Å². The van der Waals surface area contributed by atoms with Crippen molar-refractivity contribution < 1.29 is 32.2 Å². The average Bonchev–Trinajstić information content (AvgIpc) is 2.77. The molecular weight excluding hydrogens is 422 g/mol. The Bertz CT molecular complexity index is 1090. The highest BCUT2D eigenvalue weighted by atomic mass is 32.2. The van der Waals surface area contributed by atoms with Crippen molar-refractivity contribution in [3.8, 4) is 11.5 Å². The summed E-state index contributed by atoms with van der Waals surface area (Å²) in [7, 11) is 0.419. The molecule has 0 aromatic heterocycles. The monoisotopic (exact) mass is 447 g/mol. The first-order valence-corrected chi connectivity index (χ1v) is 10.8. The lowest BCUT2D eigenvalue weighted by Crippen LogP contribution is -2.33. The van der Waals surface area contributed by atoms with Crippen LogP contribution in [0.4, 0.5) is 0 Å². The highest BCUT2D eigenvalue weighted by Crippen LogP contribution is 2.29. The minimum Gasteiger partial charge on any atom is -0.493 e. The number of rotatable bonds is 8. The van der Waals surface area contributed by atoms with Crippen LogP contribution in [-0.4, -0.2) is 52.0 Å². The molecule has 0 spiro atoms. The van der Waals surface area contributed by atoms with Gasteiger partial charge in [0, 0.05) is 19.2 Å². The molecule has 166 valence electrons. The highest BCUT2D eigenvalue weighted by Gasteiger charge is 2.24. The van der Waals surface area contributed by atoms with E-state index < -0.39 is 22.0 Å². The first kappa shape index (κ1) is 24.1. The average molecular weight is 448 g/mol. The van der Waals surface area contributed by atoms with Crippen molar-refractivity contribution in [1.29, 1.82) is 0 Å². The van der Waals surface area contributed by atoms with Gasteiger partial charge in [-0.3, -0.25) is 0 Å². The molecule has 0 unspecified atom stereocenters. The van der Waals surface area contributed by atoms with E-state index >= 15 is 0 Å². The van der Waals surface area contributed by atoms with Crippen LogP contribution in [0.5, 0.6) is 11.5 Å². The van der Waals surface area contributed by atoms with Gasteiger partial charge in [-0.15, -0.1) is 0 Å². The number of ether oxygens (including phenoxy) is 3. The number of esters is 2. The molecule has 0 bridgehead atoms. The number of hydrogen-bond donors (Lipinski definition) is 0. The summed E-state index contributed by atoms with van der Waals surface area (Å²) in [5, 5.41) is 0. The SMILES string of the molecule is COC(=O)/C=C/c1ccc(OC(=O)c2cccc(S(=O)(=O)N(C)C(C)C)c2)c(OC)c1. The normalized spacial score (nSPS) is 11.7. The van der Waals surface area contributed by atoms with Gasteiger partial charge in [0.25, 0.3) is 0 Å². The molecule has 0 atom stereocenters. The zero-order valence-electron chi connectivity index (χ0n) is 18.0. The molecular formula is C22H25NO7S. The molecule has 0 aliphatic rings. The van der Waals surface area contributed by atoms with Gasteiger partial charge in [0.15, 0.2) is 11.5 Å². The molecule has 2 aromatic rings. The summed E-state index contributed by atoms with van der Waals surface area (Å²) in [5.41, 5.74) is 0.710. The molecule has 8 nitrogen and oxygen atoms in total. The minimum absolute atomic E-state index is 0.00610. The fourth-order valence-electron chi connectivity index (χ4n) is 2.49. The van der Waals surface area contributed by atoms with Crippen molar-refractivity contribution in [2.75, 3.05) is 21.3 Å². The van der Waals surface area contributed by atoms with Crippen LogP contribution in [0.15, 0.2) is 53.4 Å². The molecule has 2 aromatic carbocycles. The van der Waals surface area contributed by atoms with Crippen molar-refractivity contribution in [3.63, 3.8) is 0 Å². The Morgan fingerprint density at radius 2 is 1.74 bits per heavy atom. The highest BCUT2D eigenvalue weighted by molar-refractivity contribution is 7.89. The maximum absolute atomic E-state index is 12.7. The lowest BCUT2D eigenvalue weighted by atomic mass is 10.2. The van der Waals surface area contributed by atoms with Gasteiger partial charge in [0.2, 0.25) is 10.0 Å². The third-order valence-corrected chi connectivity index (χ3v) is 6.51. The molecule has 0 aliphatic carbocycles. The van der Waals surface area contributed by atoms with Gasteiger partial charge in [0.05, 0.1) is 24.7 Å². The van der Waals surface area contributed by atoms with Crippen molar-refractivity contribution in [2.24, 2.45) is 0 Å². The quantitative estimate of drug-likeness (QED) is 0.348. The van der Waals surface area contributed by atoms with E-state index in [1.807, 2.05) is 0 Å². The molecule has 9 heteroatoms. The van der Waals surface area contributed by atoms with E-state index in [-0.39, 0.29) is 28.0 Å². The fraction of sp³-hybridized carbons (Fsp3) is 0.273. The Morgan fingerprint density at radius 3 is 2.35 bits per heavy atom. The third-order valence-electron chi connectivity index (χ3n) is 4.48. The standard InChI is InChI=1S/C22H25NO7S/c1-15(2)23(3)31(26,27)18-8-6-7-17(14-18)22(25)30-19-11-9-16(13-20(19)28-4)10-12-21(24)29-5/h6-15H,1-5H3/b12-10+. The molecule has 0 heterocycles. The van der Waals surface area contributed by atoms with Crippen LogP contribution in [-0.2, 0) is 19.6 Å². The van der Waals surface area contributed by atoms with E-state index in [0.717, 1.165) is 0 Å². The summed E-state index contributed by atoms with van der Waals surface area (Å²) in [6.45, 7) is 3.51. The molecule has 0 saturated heterocycles. The molecule has 0 radical (unpaired) electrons. The lowest BCUT2D eigenvalue weighted by Gasteiger charge is -2.21. The Labute approximate surface area is 182 Å². The van der Waals surface area contributed by atoms with Gasteiger partial charge in [-0.1, -0.05) is 12.1 Å². The molecule has 0 aliphatic heterocycles. The van der Waals surface area contributed by atoms with E-state index in [1.165, 1.54) is 68.1 Å². The Morgan fingerprint density at radius 1 is 1.03 bits per heavy atom. The lowest BCUT2D eigenvalue weighted by molar-refractivity contribution is -0.134. The van der Waals surface area contributed by atoms with E-state index in [4.69, 9.17) is 9.47 Å². The molecule has 0 N–H and O–H groups in total. The summed E-state index contributed by atoms with van der Waals surface area (Å²) in [4.78, 5) is 23.9. The predicted molar refractivity (Wildman–Crippen MR) is 116 cm³/mol. The van der Waals surface area contributed by atoms with E-state index in [0.29, 0.717) is 5.56 Å². The second-order valence-electron chi connectivity index (χ2n) is 6.80. The van der Waals surface area contributed by atoms with E-state index in [1.54, 1.807) is 26.0 Å². The summed E-state index contributed by atoms with van der Waals surface area (Å²) < 4.78 is 41.8. The van der Waals surface area contributed by atoms with E-state index in [9.17, 15) is 18.0 Å². The molecule has 0 fully saturated rings. The molecule has 0 saturated carbocycles. The van der Waals surface area contributed by atoms with Crippen molar-refractivity contribution in [2.45, 2.75) is 24.8 Å². The number of sulfonamides is 1. The number of methoxy groups -OCH3 is 2. The number of hydrogen-bond acceptors (Lipinski definition) is 7. The first-order valence-electron chi connectivity index (χ1n) is 9.34. The molecule has 2 rings (SSSR count). The van der Waals surface area contributed by atoms with Crippen LogP contribution in [0.3, 0.4) is 0 Å². The van der Waals surface area contributed by atoms with Crippen LogP contribution in [0.1, 0.15) is 29.8 Å². The summed E-state index contributed by atoms with van der Waals surface area (Å²) in [6, 6.07) is 10.1. The molecule has 31 heavy (non-hydrogen) atoms. The maximum Gasteiger partial charge on any atom is 0.343 e. The van der Waals surface area contributed by atoms with Gasteiger partial charge in [0.1, 0.15) is 0 Å². The topological polar surface area (TPSA) is 99.2 Å². The van der Waals surface area contributed by atoms with Crippen LogP contribution >= 0.6 is 0 Å². The number of nitrogens with zero attached hydrogens (tertiary/aromatic N) is 1. The Balaban J connectivity index is 2.28. The van der Waals surface area contributed by atoms with Gasteiger partial charge in [-0.2, -0.15) is 4.31 Å². The number of carbonyl (C=O) groups is 2. The largest absolute Gasteiger partial charge is 0.493 e. The van der Waals surface area contributed by atoms with E-state index in [2.05, 4.69) is 4.74 Å². The van der Waals surface area contributed by atoms with Gasteiger partial charge < -0.3 is 14.2 Å². The van der Waals surface area contributed by atoms with Crippen LogP contribution in [0.25, 0.3) is 6.08 Å². The van der Waals surface area contributed by atoms with Gasteiger partial charge in [-0.05, 0) is 55.8 Å². The van der Waals surface area contributed by atoms with Gasteiger partial charge >= 0.3 is 11.9 Å². The Kier molecular flexibility index (Phi) is 7.95. The minimum atomic E-state index is -3.75. The predicted octanol–water partition coefficient (Wildman–Crippen LogP) is 3.13. The zero-order valence-corrected chi connectivity index (χ0v) is 18.8. The number of benzene rings is 2. The van der Waals surface area contributed by atoms with Crippen LogP contribution in [0, 0.1) is 0 Å². The second-order valence-corrected chi connectivity index (χ2v) is 8.80. The first-order chi connectivity index (χ1) is 14.6. The Hall–Kier alpha value is -3.17. The fourth-order valence-corrected chi connectivity index (χ4v) is 3.90. The molecule has 0 amide bonds. The second kappa shape index (κ2) is 10.2. The van der Waals surface area contributed by atoms with Crippen molar-refractivity contribution in [3.05, 3.63) is 59.7 Å². The van der Waals surface area contributed by atoms with Crippen molar-refractivity contribution in [1.82, 2.24) is 4.31 Å². The van der Waals surface area contributed by atoms with Crippen LogP contribution < -0.4 is 9.47 Å². The van der Waals surface area contributed by atoms with Gasteiger partial charge in [-0.25, -0.2) is 18.0 Å². The van der Waals surface area contributed by atoms with Crippen LogP contribution in [0.2, 0.25) is 0 Å². The summed E-state index contributed by atoms with van der Waals surface area (Å²) >= 11 is 0. The zero-order chi connectivity index (χ0) is 23.2. The summed E-state index contributed by atoms with van der Waals surface area (Å²) in [5.74, 6) is -0.827. The summed E-state index contributed by atoms with van der Waals surface area (Å²) in [6.07, 6.45) is 2.78. The smallest absolute Gasteiger partial charge is 0.343 e. The number of carbonyl (C=O) groups excluding carboxylic acids is 2.